The first-order valence-electron chi connectivity index (χ1n) is 6.14. The van der Waals surface area contributed by atoms with Crippen molar-refractivity contribution in [2.24, 2.45) is 0 Å². The Kier molecular flexibility index (Phi) is 2.79. The van der Waals surface area contributed by atoms with Crippen LogP contribution in [-0.4, -0.2) is 41.1 Å². The molecule has 0 unspecified atom stereocenters. The SMILES string of the molecule is CC(C)(C)OC(=O)N1CCC[C@]12CCNC2=O. The average molecular weight is 240 g/mol. The van der Waals surface area contributed by atoms with E-state index >= 15 is 0 Å². The van der Waals surface area contributed by atoms with Gasteiger partial charge in [-0.1, -0.05) is 0 Å². The summed E-state index contributed by atoms with van der Waals surface area (Å²) < 4.78 is 5.36. The van der Waals surface area contributed by atoms with Gasteiger partial charge in [0.05, 0.1) is 0 Å². The Morgan fingerprint density at radius 3 is 2.65 bits per heavy atom. The van der Waals surface area contributed by atoms with Crippen molar-refractivity contribution in [2.75, 3.05) is 13.1 Å². The van der Waals surface area contributed by atoms with Crippen molar-refractivity contribution >= 4 is 12.0 Å². The molecule has 96 valence electrons. The van der Waals surface area contributed by atoms with E-state index in [1.807, 2.05) is 20.8 Å². The van der Waals surface area contributed by atoms with Crippen molar-refractivity contribution in [1.29, 1.82) is 0 Å². The predicted octanol–water partition coefficient (Wildman–Crippen LogP) is 1.28. The summed E-state index contributed by atoms with van der Waals surface area (Å²) in [6.45, 7) is 6.77. The molecule has 0 radical (unpaired) electrons. The lowest BCUT2D eigenvalue weighted by Gasteiger charge is -2.33. The molecule has 2 aliphatic heterocycles. The van der Waals surface area contributed by atoms with E-state index in [2.05, 4.69) is 5.32 Å². The number of hydrogen-bond acceptors (Lipinski definition) is 3. The molecule has 5 nitrogen and oxygen atoms in total. The molecule has 1 spiro atoms. The quantitative estimate of drug-likeness (QED) is 0.694. The van der Waals surface area contributed by atoms with Crippen LogP contribution in [0.5, 0.6) is 0 Å². The first-order chi connectivity index (χ1) is 7.85. The second-order valence-electron chi connectivity index (χ2n) is 5.77. The highest BCUT2D eigenvalue weighted by Crippen LogP contribution is 2.36. The molecular weight excluding hydrogens is 220 g/mol. The van der Waals surface area contributed by atoms with Gasteiger partial charge in [-0.15, -0.1) is 0 Å². The minimum absolute atomic E-state index is 0.0270. The largest absolute Gasteiger partial charge is 0.444 e. The molecule has 2 fully saturated rings. The van der Waals surface area contributed by atoms with Gasteiger partial charge in [-0.05, 0) is 40.0 Å². The highest BCUT2D eigenvalue weighted by atomic mass is 16.6. The summed E-state index contributed by atoms with van der Waals surface area (Å²) in [5.41, 5.74) is -1.15. The third-order valence-electron chi connectivity index (χ3n) is 3.35. The zero-order chi connectivity index (χ0) is 12.7. The predicted molar refractivity (Wildman–Crippen MR) is 62.5 cm³/mol. The van der Waals surface area contributed by atoms with Gasteiger partial charge in [0, 0.05) is 13.1 Å². The lowest BCUT2D eigenvalue weighted by Crippen LogP contribution is -2.53. The van der Waals surface area contributed by atoms with Gasteiger partial charge in [0.25, 0.3) is 0 Å². The molecule has 17 heavy (non-hydrogen) atoms. The fourth-order valence-electron chi connectivity index (χ4n) is 2.62. The molecule has 0 aromatic heterocycles. The summed E-state index contributed by atoms with van der Waals surface area (Å²) in [7, 11) is 0. The fraction of sp³-hybridized carbons (Fsp3) is 0.833. The maximum Gasteiger partial charge on any atom is 0.411 e. The second kappa shape index (κ2) is 3.89. The Bertz CT molecular complexity index is 344. The van der Waals surface area contributed by atoms with Gasteiger partial charge >= 0.3 is 6.09 Å². The average Bonchev–Trinajstić information content (AvgIpc) is 2.74. The lowest BCUT2D eigenvalue weighted by molar-refractivity contribution is -0.128. The van der Waals surface area contributed by atoms with Crippen LogP contribution >= 0.6 is 0 Å². The molecule has 0 bridgehead atoms. The smallest absolute Gasteiger partial charge is 0.411 e. The van der Waals surface area contributed by atoms with Gasteiger partial charge in [-0.25, -0.2) is 4.79 Å². The number of amides is 2. The summed E-state index contributed by atoms with van der Waals surface area (Å²) >= 11 is 0. The molecule has 0 aromatic carbocycles. The summed E-state index contributed by atoms with van der Waals surface area (Å²) in [5, 5.41) is 2.81. The molecule has 2 heterocycles. The minimum Gasteiger partial charge on any atom is -0.444 e. The third kappa shape index (κ3) is 2.10. The standard InChI is InChI=1S/C12H20N2O3/c1-11(2,3)17-10(16)14-8-4-5-12(14)6-7-13-9(12)15/h4-8H2,1-3H3,(H,13,15)/t12-/m1/s1. The molecule has 0 saturated carbocycles. The normalized spacial score (nSPS) is 28.6. The first kappa shape index (κ1) is 12.2. The maximum absolute atomic E-state index is 12.1. The Labute approximate surface area is 101 Å². The summed E-state index contributed by atoms with van der Waals surface area (Å²) in [6.07, 6.45) is 1.95. The molecule has 2 aliphatic rings. The minimum atomic E-state index is -0.637. The second-order valence-corrected chi connectivity index (χ2v) is 5.77. The van der Waals surface area contributed by atoms with E-state index in [9.17, 15) is 9.59 Å². The van der Waals surface area contributed by atoms with Crippen molar-refractivity contribution in [3.05, 3.63) is 0 Å². The summed E-state index contributed by atoms with van der Waals surface area (Å²) in [5.74, 6) is -0.0270. The lowest BCUT2D eigenvalue weighted by atomic mass is 9.95. The van der Waals surface area contributed by atoms with E-state index in [4.69, 9.17) is 4.74 Å². The van der Waals surface area contributed by atoms with Crippen LogP contribution in [0, 0.1) is 0 Å². The van der Waals surface area contributed by atoms with Gasteiger partial charge < -0.3 is 10.1 Å². The summed E-state index contributed by atoms with van der Waals surface area (Å²) in [6, 6.07) is 0. The van der Waals surface area contributed by atoms with Crippen LogP contribution in [-0.2, 0) is 9.53 Å². The highest BCUT2D eigenvalue weighted by molar-refractivity contribution is 5.92. The van der Waals surface area contributed by atoms with E-state index in [0.717, 1.165) is 12.8 Å². The first-order valence-corrected chi connectivity index (χ1v) is 6.14. The van der Waals surface area contributed by atoms with Gasteiger partial charge in [-0.3, -0.25) is 9.69 Å². The molecule has 2 rings (SSSR count). The Morgan fingerprint density at radius 1 is 1.41 bits per heavy atom. The molecule has 1 atom stereocenters. The fourth-order valence-corrected chi connectivity index (χ4v) is 2.62. The monoisotopic (exact) mass is 240 g/mol. The molecule has 0 aliphatic carbocycles. The number of carbonyl (C=O) groups is 2. The molecule has 2 amide bonds. The van der Waals surface area contributed by atoms with Crippen LogP contribution in [0.3, 0.4) is 0 Å². The van der Waals surface area contributed by atoms with Crippen LogP contribution in [0.4, 0.5) is 4.79 Å². The van der Waals surface area contributed by atoms with E-state index < -0.39 is 11.1 Å². The van der Waals surface area contributed by atoms with E-state index in [-0.39, 0.29) is 12.0 Å². The number of ether oxygens (including phenoxy) is 1. The molecule has 5 heteroatoms. The molecule has 2 saturated heterocycles. The zero-order valence-corrected chi connectivity index (χ0v) is 10.7. The van der Waals surface area contributed by atoms with E-state index in [1.54, 1.807) is 4.90 Å². The van der Waals surface area contributed by atoms with Gasteiger partial charge in [0.15, 0.2) is 0 Å². The van der Waals surface area contributed by atoms with Gasteiger partial charge in [-0.2, -0.15) is 0 Å². The molecule has 1 N–H and O–H groups in total. The number of likely N-dealkylation sites (tertiary alicyclic amines) is 1. The van der Waals surface area contributed by atoms with Crippen molar-refractivity contribution < 1.29 is 14.3 Å². The number of nitrogens with one attached hydrogen (secondary N) is 1. The van der Waals surface area contributed by atoms with Crippen LogP contribution in [0.2, 0.25) is 0 Å². The van der Waals surface area contributed by atoms with Crippen molar-refractivity contribution in [3.63, 3.8) is 0 Å². The Morgan fingerprint density at radius 2 is 2.12 bits per heavy atom. The zero-order valence-electron chi connectivity index (χ0n) is 10.7. The van der Waals surface area contributed by atoms with Gasteiger partial charge in [0.2, 0.25) is 5.91 Å². The van der Waals surface area contributed by atoms with E-state index in [1.165, 1.54) is 0 Å². The topological polar surface area (TPSA) is 58.6 Å². The number of carbonyl (C=O) groups excluding carboxylic acids is 2. The van der Waals surface area contributed by atoms with Crippen LogP contribution in [0.1, 0.15) is 40.0 Å². The number of rotatable bonds is 0. The van der Waals surface area contributed by atoms with Crippen LogP contribution < -0.4 is 5.32 Å². The molecule has 0 aromatic rings. The number of hydrogen-bond donors (Lipinski definition) is 1. The van der Waals surface area contributed by atoms with Crippen molar-refractivity contribution in [3.8, 4) is 0 Å². The highest BCUT2D eigenvalue weighted by Gasteiger charge is 2.53. The Balaban J connectivity index is 2.15. The summed E-state index contributed by atoms with van der Waals surface area (Å²) in [4.78, 5) is 25.6. The van der Waals surface area contributed by atoms with Crippen molar-refractivity contribution in [2.45, 2.75) is 51.2 Å². The molecular formula is C12H20N2O3. The maximum atomic E-state index is 12.1. The number of nitrogens with zero attached hydrogens (tertiary/aromatic N) is 1. The van der Waals surface area contributed by atoms with Crippen molar-refractivity contribution in [1.82, 2.24) is 10.2 Å². The van der Waals surface area contributed by atoms with Crippen LogP contribution in [0.15, 0.2) is 0 Å². The third-order valence-corrected chi connectivity index (χ3v) is 3.35. The Hall–Kier alpha value is -1.26. The van der Waals surface area contributed by atoms with Gasteiger partial charge in [0.1, 0.15) is 11.1 Å². The van der Waals surface area contributed by atoms with E-state index in [0.29, 0.717) is 19.5 Å². The van der Waals surface area contributed by atoms with Crippen LogP contribution in [0.25, 0.3) is 0 Å².